The molecule has 4 heteroatoms. The van der Waals surface area contributed by atoms with Crippen molar-refractivity contribution >= 4 is 23.2 Å². The molecule has 0 radical (unpaired) electrons. The second kappa shape index (κ2) is 5.89. The summed E-state index contributed by atoms with van der Waals surface area (Å²) in [6.45, 7) is 6.09. The zero-order valence-corrected chi connectivity index (χ0v) is 12.8. The first-order chi connectivity index (χ1) is 8.97. The molecule has 0 N–H and O–H groups in total. The summed E-state index contributed by atoms with van der Waals surface area (Å²) < 4.78 is 0. The summed E-state index contributed by atoms with van der Waals surface area (Å²) in [6.07, 6.45) is 0.698. The van der Waals surface area contributed by atoms with Crippen molar-refractivity contribution in [3.05, 3.63) is 57.1 Å². The standard InChI is InChI=1S/C15H16Cl2N2/c1-9(2)15-18-10(3)13(14(17)19-15)8-11-5-4-6-12(16)7-11/h4-7,9H,8H2,1-3H3. The third-order valence-electron chi connectivity index (χ3n) is 2.97. The molecule has 0 fully saturated rings. The molecule has 0 saturated heterocycles. The van der Waals surface area contributed by atoms with Gasteiger partial charge in [-0.25, -0.2) is 9.97 Å². The predicted molar refractivity (Wildman–Crippen MR) is 80.1 cm³/mol. The molecule has 100 valence electrons. The van der Waals surface area contributed by atoms with Gasteiger partial charge in [0.25, 0.3) is 0 Å². The van der Waals surface area contributed by atoms with E-state index in [0.717, 1.165) is 27.7 Å². The van der Waals surface area contributed by atoms with Crippen LogP contribution in [0.15, 0.2) is 24.3 Å². The van der Waals surface area contributed by atoms with Crippen LogP contribution in [-0.2, 0) is 6.42 Å². The highest BCUT2D eigenvalue weighted by Crippen LogP contribution is 2.23. The molecule has 0 unspecified atom stereocenters. The molecule has 0 saturated carbocycles. The number of nitrogens with zero attached hydrogens (tertiary/aromatic N) is 2. The van der Waals surface area contributed by atoms with Gasteiger partial charge < -0.3 is 0 Å². The van der Waals surface area contributed by atoms with E-state index < -0.39 is 0 Å². The number of aryl methyl sites for hydroxylation is 1. The maximum absolute atomic E-state index is 6.28. The summed E-state index contributed by atoms with van der Waals surface area (Å²) in [6, 6.07) is 7.76. The van der Waals surface area contributed by atoms with Gasteiger partial charge in [-0.15, -0.1) is 0 Å². The molecular weight excluding hydrogens is 279 g/mol. The van der Waals surface area contributed by atoms with Gasteiger partial charge in [-0.1, -0.05) is 49.2 Å². The van der Waals surface area contributed by atoms with Crippen LogP contribution in [0.1, 0.15) is 42.4 Å². The van der Waals surface area contributed by atoms with Gasteiger partial charge in [-0.2, -0.15) is 0 Å². The van der Waals surface area contributed by atoms with E-state index in [1.54, 1.807) is 0 Å². The number of benzene rings is 1. The number of aromatic nitrogens is 2. The normalized spacial score (nSPS) is 11.1. The van der Waals surface area contributed by atoms with E-state index >= 15 is 0 Å². The molecule has 0 aliphatic heterocycles. The smallest absolute Gasteiger partial charge is 0.136 e. The van der Waals surface area contributed by atoms with Crippen LogP contribution in [0.2, 0.25) is 10.2 Å². The lowest BCUT2D eigenvalue weighted by Gasteiger charge is -2.11. The first-order valence-electron chi connectivity index (χ1n) is 6.24. The largest absolute Gasteiger partial charge is 0.238 e. The zero-order valence-electron chi connectivity index (χ0n) is 11.2. The summed E-state index contributed by atoms with van der Waals surface area (Å²) >= 11 is 12.3. The van der Waals surface area contributed by atoms with Gasteiger partial charge >= 0.3 is 0 Å². The Hall–Kier alpha value is -1.12. The minimum atomic E-state index is 0.274. The van der Waals surface area contributed by atoms with E-state index in [4.69, 9.17) is 23.2 Å². The molecule has 19 heavy (non-hydrogen) atoms. The van der Waals surface area contributed by atoms with E-state index in [2.05, 4.69) is 23.8 Å². The molecule has 0 aliphatic carbocycles. The van der Waals surface area contributed by atoms with Crippen LogP contribution >= 0.6 is 23.2 Å². The van der Waals surface area contributed by atoms with Crippen LogP contribution in [-0.4, -0.2) is 9.97 Å². The third-order valence-corrected chi connectivity index (χ3v) is 3.51. The highest BCUT2D eigenvalue weighted by Gasteiger charge is 2.12. The highest BCUT2D eigenvalue weighted by atomic mass is 35.5. The van der Waals surface area contributed by atoms with Gasteiger partial charge in [-0.05, 0) is 24.6 Å². The number of halogens is 2. The second-order valence-electron chi connectivity index (χ2n) is 4.90. The molecule has 0 bridgehead atoms. The maximum Gasteiger partial charge on any atom is 0.136 e. The minimum absolute atomic E-state index is 0.274. The lowest BCUT2D eigenvalue weighted by molar-refractivity contribution is 0.760. The third kappa shape index (κ3) is 3.46. The summed E-state index contributed by atoms with van der Waals surface area (Å²) in [5, 5.41) is 1.27. The quantitative estimate of drug-likeness (QED) is 0.760. The van der Waals surface area contributed by atoms with Crippen LogP contribution in [0.4, 0.5) is 0 Å². The molecule has 2 rings (SSSR count). The van der Waals surface area contributed by atoms with Crippen molar-refractivity contribution in [2.75, 3.05) is 0 Å². The minimum Gasteiger partial charge on any atom is -0.238 e. The fourth-order valence-corrected chi connectivity index (χ4v) is 2.39. The fraction of sp³-hybridized carbons (Fsp3) is 0.333. The Morgan fingerprint density at radius 3 is 2.47 bits per heavy atom. The van der Waals surface area contributed by atoms with Crippen LogP contribution < -0.4 is 0 Å². The molecular formula is C15H16Cl2N2. The monoisotopic (exact) mass is 294 g/mol. The molecule has 0 amide bonds. The average molecular weight is 295 g/mol. The van der Waals surface area contributed by atoms with Crippen molar-refractivity contribution in [3.8, 4) is 0 Å². The number of rotatable bonds is 3. The van der Waals surface area contributed by atoms with Gasteiger partial charge in [0.1, 0.15) is 11.0 Å². The molecule has 2 aromatic rings. The Balaban J connectivity index is 2.35. The lowest BCUT2D eigenvalue weighted by Crippen LogP contribution is -2.05. The summed E-state index contributed by atoms with van der Waals surface area (Å²) in [5.74, 6) is 1.06. The summed E-state index contributed by atoms with van der Waals surface area (Å²) in [7, 11) is 0. The molecule has 1 aromatic carbocycles. The highest BCUT2D eigenvalue weighted by molar-refractivity contribution is 6.30. The van der Waals surface area contributed by atoms with E-state index in [9.17, 15) is 0 Å². The Labute approximate surface area is 123 Å². The molecule has 1 heterocycles. The van der Waals surface area contributed by atoms with Crippen molar-refractivity contribution in [1.29, 1.82) is 0 Å². The van der Waals surface area contributed by atoms with Crippen molar-refractivity contribution in [1.82, 2.24) is 9.97 Å². The zero-order chi connectivity index (χ0) is 14.0. The molecule has 0 aliphatic rings. The first kappa shape index (κ1) is 14.3. The van der Waals surface area contributed by atoms with Gasteiger partial charge in [0, 0.05) is 28.6 Å². The van der Waals surface area contributed by atoms with Crippen molar-refractivity contribution in [2.45, 2.75) is 33.1 Å². The Morgan fingerprint density at radius 1 is 1.16 bits per heavy atom. The fourth-order valence-electron chi connectivity index (χ4n) is 1.89. The van der Waals surface area contributed by atoms with Crippen molar-refractivity contribution in [2.24, 2.45) is 0 Å². The SMILES string of the molecule is Cc1nc(C(C)C)nc(Cl)c1Cc1cccc(Cl)c1. The molecule has 2 nitrogen and oxygen atoms in total. The van der Waals surface area contributed by atoms with Gasteiger partial charge in [-0.3, -0.25) is 0 Å². The van der Waals surface area contributed by atoms with Crippen molar-refractivity contribution < 1.29 is 0 Å². The molecule has 0 spiro atoms. The second-order valence-corrected chi connectivity index (χ2v) is 5.69. The van der Waals surface area contributed by atoms with Crippen molar-refractivity contribution in [3.63, 3.8) is 0 Å². The molecule has 0 atom stereocenters. The Morgan fingerprint density at radius 2 is 1.89 bits per heavy atom. The van der Waals surface area contributed by atoms with Crippen LogP contribution in [0.5, 0.6) is 0 Å². The van der Waals surface area contributed by atoms with E-state index in [1.807, 2.05) is 31.2 Å². The van der Waals surface area contributed by atoms with Gasteiger partial charge in [0.05, 0.1) is 0 Å². The van der Waals surface area contributed by atoms with E-state index in [1.165, 1.54) is 0 Å². The van der Waals surface area contributed by atoms with E-state index in [0.29, 0.717) is 11.6 Å². The number of hydrogen-bond acceptors (Lipinski definition) is 2. The van der Waals surface area contributed by atoms with Crippen LogP contribution in [0.3, 0.4) is 0 Å². The average Bonchev–Trinajstić information content (AvgIpc) is 2.33. The lowest BCUT2D eigenvalue weighted by atomic mass is 10.0. The Kier molecular flexibility index (Phi) is 4.43. The topological polar surface area (TPSA) is 25.8 Å². The van der Waals surface area contributed by atoms with Crippen LogP contribution in [0, 0.1) is 6.92 Å². The Bertz CT molecular complexity index is 571. The summed E-state index contributed by atoms with van der Waals surface area (Å²) in [4.78, 5) is 8.90. The van der Waals surface area contributed by atoms with Gasteiger partial charge in [0.15, 0.2) is 0 Å². The maximum atomic E-state index is 6.28. The predicted octanol–water partition coefficient (Wildman–Crippen LogP) is 4.81. The number of hydrogen-bond donors (Lipinski definition) is 0. The molecule has 1 aromatic heterocycles. The first-order valence-corrected chi connectivity index (χ1v) is 7.00. The van der Waals surface area contributed by atoms with E-state index in [-0.39, 0.29) is 5.92 Å². The van der Waals surface area contributed by atoms with Gasteiger partial charge in [0.2, 0.25) is 0 Å². The van der Waals surface area contributed by atoms with Crippen LogP contribution in [0.25, 0.3) is 0 Å². The summed E-state index contributed by atoms with van der Waals surface area (Å²) in [5.41, 5.74) is 3.01.